The van der Waals surface area contributed by atoms with Crippen LogP contribution in [-0.4, -0.2) is 27.9 Å². The lowest BCUT2D eigenvalue weighted by molar-refractivity contribution is -0.129. The van der Waals surface area contributed by atoms with Gasteiger partial charge in [0.25, 0.3) is 0 Å². The second kappa shape index (κ2) is 5.75. The van der Waals surface area contributed by atoms with Crippen molar-refractivity contribution in [2.24, 2.45) is 5.73 Å². The average Bonchev–Trinajstić information content (AvgIpc) is 2.37. The Morgan fingerprint density at radius 3 is 2.63 bits per heavy atom. The molecule has 0 aliphatic carbocycles. The van der Waals surface area contributed by atoms with Crippen LogP contribution < -0.4 is 5.73 Å². The highest BCUT2D eigenvalue weighted by atomic mass is 32.2. The summed E-state index contributed by atoms with van der Waals surface area (Å²) < 4.78 is 38.6. The molecule has 1 aromatic carbocycles. The lowest BCUT2D eigenvalue weighted by Gasteiger charge is -2.19. The number of thioether (sulfide) groups is 1. The topological polar surface area (TPSA) is 51.8 Å². The summed E-state index contributed by atoms with van der Waals surface area (Å²) in [6.07, 6.45) is -3.15. The maximum absolute atomic E-state index is 12.9. The smallest absolute Gasteiger partial charge is 0.330 e. The van der Waals surface area contributed by atoms with Crippen molar-refractivity contribution in [3.8, 4) is 0 Å². The lowest BCUT2D eigenvalue weighted by Crippen LogP contribution is -2.28. The fourth-order valence-electron chi connectivity index (χ4n) is 1.65. The van der Waals surface area contributed by atoms with Gasteiger partial charge in [0.2, 0.25) is 0 Å². The number of benzene rings is 1. The van der Waals surface area contributed by atoms with Crippen LogP contribution in [0.3, 0.4) is 0 Å². The summed E-state index contributed by atoms with van der Waals surface area (Å²) in [6, 6.07) is 6.99. The lowest BCUT2D eigenvalue weighted by atomic mass is 10.2. The zero-order chi connectivity index (χ0) is 13.9. The minimum atomic E-state index is -4.30. The van der Waals surface area contributed by atoms with E-state index in [9.17, 15) is 13.2 Å². The van der Waals surface area contributed by atoms with E-state index in [4.69, 9.17) is 5.73 Å². The Kier molecular flexibility index (Phi) is 4.26. The van der Waals surface area contributed by atoms with Gasteiger partial charge < -0.3 is 5.73 Å². The molecule has 1 atom stereocenters. The molecule has 0 saturated carbocycles. The van der Waals surface area contributed by atoms with Crippen LogP contribution in [0, 0.1) is 0 Å². The van der Waals surface area contributed by atoms with Crippen LogP contribution in [0.2, 0.25) is 0 Å². The normalized spacial score (nSPS) is 13.7. The Hall–Kier alpha value is -1.34. The molecule has 1 heterocycles. The molecule has 0 fully saturated rings. The third kappa shape index (κ3) is 3.36. The quantitative estimate of drug-likeness (QED) is 0.694. The van der Waals surface area contributed by atoms with E-state index in [1.54, 1.807) is 24.3 Å². The van der Waals surface area contributed by atoms with E-state index in [0.717, 1.165) is 0 Å². The fraction of sp³-hybridized carbons (Fsp3) is 0.333. The Bertz CT molecular complexity index is 554. The third-order valence-corrected chi connectivity index (χ3v) is 3.89. The van der Waals surface area contributed by atoms with Gasteiger partial charge in [0, 0.05) is 5.39 Å². The second-order valence-electron chi connectivity index (χ2n) is 3.92. The average molecular weight is 287 g/mol. The number of aromatic nitrogens is 2. The number of rotatable bonds is 4. The molecule has 0 spiro atoms. The minimum Gasteiger partial charge on any atom is -0.330 e. The van der Waals surface area contributed by atoms with Crippen LogP contribution in [0.15, 0.2) is 35.6 Å². The van der Waals surface area contributed by atoms with Crippen molar-refractivity contribution in [1.82, 2.24) is 9.97 Å². The number of nitrogens with two attached hydrogens (primary N) is 1. The van der Waals surface area contributed by atoms with E-state index in [1.165, 1.54) is 6.33 Å². The highest BCUT2D eigenvalue weighted by Crippen LogP contribution is 2.38. The van der Waals surface area contributed by atoms with Crippen LogP contribution in [0.25, 0.3) is 10.9 Å². The predicted molar refractivity (Wildman–Crippen MR) is 68.9 cm³/mol. The highest BCUT2D eigenvalue weighted by Gasteiger charge is 2.40. The molecule has 0 aliphatic heterocycles. The maximum Gasteiger partial charge on any atom is 0.401 e. The van der Waals surface area contributed by atoms with Gasteiger partial charge in [-0.3, -0.25) is 0 Å². The summed E-state index contributed by atoms with van der Waals surface area (Å²) in [5, 5.41) is -0.585. The summed E-state index contributed by atoms with van der Waals surface area (Å²) in [4.78, 5) is 7.98. The van der Waals surface area contributed by atoms with Crippen LogP contribution in [0.1, 0.15) is 6.42 Å². The molecule has 0 saturated heterocycles. The SMILES string of the molecule is NCCC(Sc1ncnc2ccccc12)C(F)(F)F. The number of halogens is 3. The molecule has 0 amide bonds. The standard InChI is InChI=1S/C12H12F3N3S/c13-12(14,15)10(5-6-16)19-11-8-3-1-2-4-9(8)17-7-18-11/h1-4,7,10H,5-6,16H2. The van der Waals surface area contributed by atoms with Crippen molar-refractivity contribution in [3.63, 3.8) is 0 Å². The van der Waals surface area contributed by atoms with E-state index in [2.05, 4.69) is 9.97 Å². The first-order valence-corrected chi connectivity index (χ1v) is 6.53. The van der Waals surface area contributed by atoms with Gasteiger partial charge in [-0.05, 0) is 19.0 Å². The van der Waals surface area contributed by atoms with Crippen LogP contribution in [0.5, 0.6) is 0 Å². The summed E-state index contributed by atoms with van der Waals surface area (Å²) in [5.41, 5.74) is 5.88. The van der Waals surface area contributed by atoms with Gasteiger partial charge in [-0.2, -0.15) is 13.2 Å². The zero-order valence-electron chi connectivity index (χ0n) is 9.89. The number of hydrogen-bond donors (Lipinski definition) is 1. The molecule has 0 bridgehead atoms. The van der Waals surface area contributed by atoms with E-state index in [-0.39, 0.29) is 13.0 Å². The van der Waals surface area contributed by atoms with E-state index < -0.39 is 11.4 Å². The van der Waals surface area contributed by atoms with Crippen molar-refractivity contribution in [2.45, 2.75) is 22.9 Å². The van der Waals surface area contributed by atoms with Gasteiger partial charge in [-0.15, -0.1) is 0 Å². The molecule has 2 rings (SSSR count). The van der Waals surface area contributed by atoms with Crippen molar-refractivity contribution < 1.29 is 13.2 Å². The van der Waals surface area contributed by atoms with Crippen molar-refractivity contribution >= 4 is 22.7 Å². The van der Waals surface area contributed by atoms with Gasteiger partial charge in [0.15, 0.2) is 0 Å². The molecule has 3 nitrogen and oxygen atoms in total. The first-order chi connectivity index (χ1) is 9.02. The molecule has 1 unspecified atom stereocenters. The predicted octanol–water partition coefficient (Wildman–Crippen LogP) is 3.00. The van der Waals surface area contributed by atoms with Gasteiger partial charge in [0.05, 0.1) is 5.52 Å². The Morgan fingerprint density at radius 2 is 1.95 bits per heavy atom. The van der Waals surface area contributed by atoms with E-state index >= 15 is 0 Å². The second-order valence-corrected chi connectivity index (χ2v) is 5.11. The van der Waals surface area contributed by atoms with Crippen LogP contribution in [-0.2, 0) is 0 Å². The molecule has 19 heavy (non-hydrogen) atoms. The first-order valence-electron chi connectivity index (χ1n) is 5.65. The van der Waals surface area contributed by atoms with Gasteiger partial charge in [-0.25, -0.2) is 9.97 Å². The summed E-state index contributed by atoms with van der Waals surface area (Å²) >= 11 is 0.694. The number of para-hydroxylation sites is 1. The molecule has 1 aromatic heterocycles. The van der Waals surface area contributed by atoms with Crippen LogP contribution in [0.4, 0.5) is 13.2 Å². The van der Waals surface area contributed by atoms with Crippen LogP contribution >= 0.6 is 11.8 Å². The maximum atomic E-state index is 12.9. The number of nitrogens with zero attached hydrogens (tertiary/aromatic N) is 2. The van der Waals surface area contributed by atoms with E-state index in [1.807, 2.05) is 0 Å². The number of fused-ring (bicyclic) bond motifs is 1. The van der Waals surface area contributed by atoms with Crippen molar-refractivity contribution in [1.29, 1.82) is 0 Å². The van der Waals surface area contributed by atoms with Crippen molar-refractivity contribution in [2.75, 3.05) is 6.54 Å². The van der Waals surface area contributed by atoms with Gasteiger partial charge >= 0.3 is 6.18 Å². The summed E-state index contributed by atoms with van der Waals surface area (Å²) in [5.74, 6) is 0. The molecule has 2 N–H and O–H groups in total. The number of hydrogen-bond acceptors (Lipinski definition) is 4. The van der Waals surface area contributed by atoms with Gasteiger partial charge in [0.1, 0.15) is 16.6 Å². The van der Waals surface area contributed by atoms with Crippen molar-refractivity contribution in [3.05, 3.63) is 30.6 Å². The Morgan fingerprint density at radius 1 is 1.21 bits per heavy atom. The third-order valence-electron chi connectivity index (χ3n) is 2.55. The zero-order valence-corrected chi connectivity index (χ0v) is 10.7. The fourth-order valence-corrected chi connectivity index (χ4v) is 2.71. The molecule has 2 aromatic rings. The minimum absolute atomic E-state index is 0.0137. The number of alkyl halides is 3. The Balaban J connectivity index is 2.34. The van der Waals surface area contributed by atoms with E-state index in [0.29, 0.717) is 27.7 Å². The molecule has 7 heteroatoms. The summed E-state index contributed by atoms with van der Waals surface area (Å²) in [7, 11) is 0. The Labute approximate surface area is 112 Å². The molecular weight excluding hydrogens is 275 g/mol. The summed E-state index contributed by atoms with van der Waals surface area (Å²) in [6.45, 7) is -0.0137. The largest absolute Gasteiger partial charge is 0.401 e. The first kappa shape index (κ1) is 14.1. The molecule has 0 aliphatic rings. The molecular formula is C12H12F3N3S. The molecule has 102 valence electrons. The molecule has 0 radical (unpaired) electrons. The highest BCUT2D eigenvalue weighted by molar-refractivity contribution is 8.00. The monoisotopic (exact) mass is 287 g/mol. The van der Waals surface area contributed by atoms with Gasteiger partial charge in [-0.1, -0.05) is 30.0 Å².